The van der Waals surface area contributed by atoms with Crippen LogP contribution < -0.4 is 0 Å². The smallest absolute Gasteiger partial charge is 0.354 e. The monoisotopic (exact) mass is 325 g/mol. The molecule has 0 saturated heterocycles. The highest BCUT2D eigenvalue weighted by Crippen LogP contribution is 2.23. The number of hydrogen-bond donors (Lipinski definition) is 1. The number of rotatable bonds is 4. The highest BCUT2D eigenvalue weighted by molar-refractivity contribution is 9.10. The largest absolute Gasteiger partial charge is 0.477 e. The Morgan fingerprint density at radius 1 is 1.47 bits per heavy atom. The first-order valence-electron chi connectivity index (χ1n) is 5.17. The number of non-ortho nitro benzene ring substituents is 1. The van der Waals surface area contributed by atoms with Crippen LogP contribution in [0.4, 0.5) is 5.69 Å². The third kappa shape index (κ3) is 2.79. The lowest BCUT2D eigenvalue weighted by molar-refractivity contribution is -0.384. The number of aromatic nitrogens is 2. The van der Waals surface area contributed by atoms with Crippen molar-refractivity contribution in [3.63, 3.8) is 0 Å². The van der Waals surface area contributed by atoms with Gasteiger partial charge in [-0.1, -0.05) is 15.9 Å². The number of carbonyl (C=O) groups is 1. The van der Waals surface area contributed by atoms with Crippen LogP contribution in [0.1, 0.15) is 16.1 Å². The summed E-state index contributed by atoms with van der Waals surface area (Å²) in [7, 11) is 0. The Morgan fingerprint density at radius 2 is 2.21 bits per heavy atom. The van der Waals surface area contributed by atoms with Gasteiger partial charge in [0, 0.05) is 22.8 Å². The molecule has 7 nitrogen and oxygen atoms in total. The summed E-state index contributed by atoms with van der Waals surface area (Å²) in [6.45, 7) is 0.215. The molecule has 0 saturated carbocycles. The lowest BCUT2D eigenvalue weighted by Gasteiger charge is -2.06. The molecule has 0 aliphatic rings. The fraction of sp³-hybridized carbons (Fsp3) is 0.0909. The molecular weight excluding hydrogens is 318 g/mol. The molecule has 0 unspecified atom stereocenters. The third-order valence-corrected chi connectivity index (χ3v) is 3.24. The van der Waals surface area contributed by atoms with E-state index in [2.05, 4.69) is 21.0 Å². The van der Waals surface area contributed by atoms with Gasteiger partial charge in [-0.25, -0.2) is 4.79 Å². The van der Waals surface area contributed by atoms with Crippen LogP contribution in [0.2, 0.25) is 0 Å². The maximum Gasteiger partial charge on any atom is 0.354 e. The number of benzene rings is 1. The number of halogens is 1. The van der Waals surface area contributed by atoms with Gasteiger partial charge in [-0.15, -0.1) is 0 Å². The van der Waals surface area contributed by atoms with Crippen LogP contribution in [0, 0.1) is 10.1 Å². The minimum atomic E-state index is -1.07. The summed E-state index contributed by atoms with van der Waals surface area (Å²) in [5.74, 6) is -1.07. The second kappa shape index (κ2) is 5.19. The average molecular weight is 326 g/mol. The maximum absolute atomic E-state index is 10.9. The Labute approximate surface area is 115 Å². The summed E-state index contributed by atoms with van der Waals surface area (Å²) < 4.78 is 1.85. The standard InChI is InChI=1S/C11H8BrN3O4/c12-9-5-8(15(18)19)2-1-7(9)6-14-10(11(16)17)3-4-13-14/h1-5H,6H2,(H,16,17). The van der Waals surface area contributed by atoms with Gasteiger partial charge in [0.2, 0.25) is 0 Å². The van der Waals surface area contributed by atoms with Gasteiger partial charge in [0.15, 0.2) is 0 Å². The summed E-state index contributed by atoms with van der Waals surface area (Å²) in [6.07, 6.45) is 1.39. The second-order valence-corrected chi connectivity index (χ2v) is 4.57. The first-order valence-corrected chi connectivity index (χ1v) is 5.96. The normalized spacial score (nSPS) is 10.4. The third-order valence-electron chi connectivity index (χ3n) is 2.50. The maximum atomic E-state index is 10.9. The molecule has 0 amide bonds. The minimum Gasteiger partial charge on any atom is -0.477 e. The second-order valence-electron chi connectivity index (χ2n) is 3.71. The molecule has 1 aromatic heterocycles. The van der Waals surface area contributed by atoms with E-state index in [1.165, 1.54) is 29.1 Å². The van der Waals surface area contributed by atoms with Gasteiger partial charge in [0.1, 0.15) is 5.69 Å². The highest BCUT2D eigenvalue weighted by atomic mass is 79.9. The number of carboxylic acid groups (broad SMARTS) is 1. The lowest BCUT2D eigenvalue weighted by Crippen LogP contribution is -2.11. The molecule has 2 aromatic rings. The van der Waals surface area contributed by atoms with E-state index in [1.807, 2.05) is 0 Å². The van der Waals surface area contributed by atoms with Gasteiger partial charge in [0.05, 0.1) is 11.5 Å². The Balaban J connectivity index is 2.31. The Morgan fingerprint density at radius 3 is 2.79 bits per heavy atom. The van der Waals surface area contributed by atoms with Crippen molar-refractivity contribution in [1.82, 2.24) is 9.78 Å². The summed E-state index contributed by atoms with van der Waals surface area (Å²) in [5, 5.41) is 23.5. The Bertz CT molecular complexity index is 653. The van der Waals surface area contributed by atoms with Crippen molar-refractivity contribution in [2.45, 2.75) is 6.54 Å². The molecule has 0 fully saturated rings. The average Bonchev–Trinajstić information content (AvgIpc) is 2.79. The zero-order valence-corrected chi connectivity index (χ0v) is 11.1. The van der Waals surface area contributed by atoms with Crippen LogP contribution in [0.5, 0.6) is 0 Å². The van der Waals surface area contributed by atoms with Crippen LogP contribution >= 0.6 is 15.9 Å². The quantitative estimate of drug-likeness (QED) is 0.687. The zero-order chi connectivity index (χ0) is 14.0. The SMILES string of the molecule is O=C(O)c1ccnn1Cc1ccc([N+](=O)[O-])cc1Br. The molecule has 2 rings (SSSR count). The molecule has 1 aromatic carbocycles. The van der Waals surface area contributed by atoms with E-state index in [-0.39, 0.29) is 17.9 Å². The highest BCUT2D eigenvalue weighted by Gasteiger charge is 2.13. The zero-order valence-electron chi connectivity index (χ0n) is 9.49. The van der Waals surface area contributed by atoms with E-state index in [4.69, 9.17) is 5.11 Å². The fourth-order valence-electron chi connectivity index (χ4n) is 1.58. The number of nitro benzene ring substituents is 1. The van der Waals surface area contributed by atoms with Gasteiger partial charge in [-0.05, 0) is 17.7 Å². The van der Waals surface area contributed by atoms with Crippen molar-refractivity contribution in [3.05, 3.63) is 56.3 Å². The molecule has 0 aliphatic heterocycles. The molecule has 0 aliphatic carbocycles. The molecule has 0 bridgehead atoms. The van der Waals surface area contributed by atoms with E-state index < -0.39 is 10.9 Å². The van der Waals surface area contributed by atoms with Crippen molar-refractivity contribution < 1.29 is 14.8 Å². The van der Waals surface area contributed by atoms with Crippen LogP contribution in [0.3, 0.4) is 0 Å². The van der Waals surface area contributed by atoms with Gasteiger partial charge in [0.25, 0.3) is 5.69 Å². The first kappa shape index (κ1) is 13.2. The molecule has 0 spiro atoms. The van der Waals surface area contributed by atoms with Gasteiger partial charge < -0.3 is 5.11 Å². The molecule has 0 atom stereocenters. The van der Waals surface area contributed by atoms with E-state index in [0.717, 1.165) is 0 Å². The van der Waals surface area contributed by atoms with E-state index in [1.54, 1.807) is 6.07 Å². The van der Waals surface area contributed by atoms with Gasteiger partial charge >= 0.3 is 5.97 Å². The summed E-state index contributed by atoms with van der Waals surface area (Å²) in [6, 6.07) is 5.69. The Hall–Kier alpha value is -2.22. The summed E-state index contributed by atoms with van der Waals surface area (Å²) in [5.41, 5.74) is 0.733. The number of carboxylic acids is 1. The predicted molar refractivity (Wildman–Crippen MR) is 69.1 cm³/mol. The van der Waals surface area contributed by atoms with Crippen LogP contribution in [-0.2, 0) is 6.54 Å². The molecule has 1 heterocycles. The van der Waals surface area contributed by atoms with Crippen molar-refractivity contribution in [1.29, 1.82) is 0 Å². The fourth-order valence-corrected chi connectivity index (χ4v) is 2.07. The number of nitrogens with zero attached hydrogens (tertiary/aromatic N) is 3. The van der Waals surface area contributed by atoms with E-state index in [0.29, 0.717) is 10.0 Å². The molecule has 0 radical (unpaired) electrons. The Kier molecular flexibility index (Phi) is 3.61. The molecular formula is C11H8BrN3O4. The first-order chi connectivity index (χ1) is 8.99. The lowest BCUT2D eigenvalue weighted by atomic mass is 10.2. The van der Waals surface area contributed by atoms with E-state index in [9.17, 15) is 14.9 Å². The molecule has 19 heavy (non-hydrogen) atoms. The topological polar surface area (TPSA) is 98.3 Å². The summed E-state index contributed by atoms with van der Waals surface area (Å²) in [4.78, 5) is 21.1. The van der Waals surface area contributed by atoms with E-state index >= 15 is 0 Å². The number of hydrogen-bond acceptors (Lipinski definition) is 4. The number of aromatic carboxylic acids is 1. The van der Waals surface area contributed by atoms with Crippen molar-refractivity contribution >= 4 is 27.6 Å². The van der Waals surface area contributed by atoms with Crippen LogP contribution in [0.25, 0.3) is 0 Å². The molecule has 98 valence electrons. The van der Waals surface area contributed by atoms with Crippen molar-refractivity contribution in [2.75, 3.05) is 0 Å². The predicted octanol–water partition coefficient (Wildman–Crippen LogP) is 2.30. The van der Waals surface area contributed by atoms with Gasteiger partial charge in [-0.2, -0.15) is 5.10 Å². The van der Waals surface area contributed by atoms with Crippen LogP contribution in [0.15, 0.2) is 34.9 Å². The number of nitro groups is 1. The van der Waals surface area contributed by atoms with Crippen molar-refractivity contribution in [2.24, 2.45) is 0 Å². The van der Waals surface area contributed by atoms with Crippen molar-refractivity contribution in [3.8, 4) is 0 Å². The molecule has 1 N–H and O–H groups in total. The molecule has 8 heteroatoms. The summed E-state index contributed by atoms with van der Waals surface area (Å²) >= 11 is 3.23. The van der Waals surface area contributed by atoms with Crippen LogP contribution in [-0.4, -0.2) is 25.8 Å². The minimum absolute atomic E-state index is 0.0328. The van der Waals surface area contributed by atoms with Gasteiger partial charge in [-0.3, -0.25) is 14.8 Å².